The zero-order chi connectivity index (χ0) is 10.7. The van der Waals surface area contributed by atoms with Crippen molar-refractivity contribution in [3.05, 3.63) is 22.4 Å². The van der Waals surface area contributed by atoms with E-state index in [4.69, 9.17) is 5.73 Å². The maximum Gasteiger partial charge on any atom is 0.0405 e. The Bertz CT molecular complexity index is 286. The first-order valence-electron chi connectivity index (χ1n) is 5.46. The molecule has 1 aromatic rings. The van der Waals surface area contributed by atoms with Crippen molar-refractivity contribution >= 4 is 11.3 Å². The standard InChI is InChI=1S/C11H19N3S/c1-14-5-4-13-9(8-14)7-10(12)11-3-2-6-15-11/h2-3,6,9-10,13H,4-5,7-8,12H2,1H3. The number of hydrogen-bond acceptors (Lipinski definition) is 4. The number of piperazine rings is 1. The first kappa shape index (κ1) is 11.1. The van der Waals surface area contributed by atoms with Crippen LogP contribution in [0, 0.1) is 0 Å². The Morgan fingerprint density at radius 3 is 3.27 bits per heavy atom. The highest BCUT2D eigenvalue weighted by Gasteiger charge is 2.19. The van der Waals surface area contributed by atoms with Crippen molar-refractivity contribution in [2.45, 2.75) is 18.5 Å². The van der Waals surface area contributed by atoms with Gasteiger partial charge in [-0.1, -0.05) is 6.07 Å². The van der Waals surface area contributed by atoms with E-state index in [-0.39, 0.29) is 6.04 Å². The van der Waals surface area contributed by atoms with Gasteiger partial charge in [0.05, 0.1) is 0 Å². The number of nitrogens with zero attached hydrogens (tertiary/aromatic N) is 1. The number of nitrogens with two attached hydrogens (primary N) is 1. The van der Waals surface area contributed by atoms with Gasteiger partial charge in [0, 0.05) is 36.6 Å². The van der Waals surface area contributed by atoms with Crippen LogP contribution in [0.5, 0.6) is 0 Å². The van der Waals surface area contributed by atoms with Gasteiger partial charge in [0.15, 0.2) is 0 Å². The first-order valence-corrected chi connectivity index (χ1v) is 6.34. The largest absolute Gasteiger partial charge is 0.323 e. The van der Waals surface area contributed by atoms with E-state index >= 15 is 0 Å². The predicted octanol–water partition coefficient (Wildman–Crippen LogP) is 1.04. The van der Waals surface area contributed by atoms with Gasteiger partial charge in [0.25, 0.3) is 0 Å². The second kappa shape index (κ2) is 5.07. The van der Waals surface area contributed by atoms with Crippen LogP contribution in [-0.4, -0.2) is 37.6 Å². The molecule has 2 atom stereocenters. The molecule has 1 aromatic heterocycles. The van der Waals surface area contributed by atoms with E-state index in [9.17, 15) is 0 Å². The summed E-state index contributed by atoms with van der Waals surface area (Å²) in [5.74, 6) is 0. The topological polar surface area (TPSA) is 41.3 Å². The molecule has 0 bridgehead atoms. The summed E-state index contributed by atoms with van der Waals surface area (Å²) in [7, 11) is 2.17. The van der Waals surface area contributed by atoms with Crippen molar-refractivity contribution in [2.75, 3.05) is 26.7 Å². The number of hydrogen-bond donors (Lipinski definition) is 2. The number of likely N-dealkylation sites (N-methyl/N-ethyl adjacent to an activating group) is 1. The minimum absolute atomic E-state index is 0.189. The summed E-state index contributed by atoms with van der Waals surface area (Å²) < 4.78 is 0. The van der Waals surface area contributed by atoms with Gasteiger partial charge < -0.3 is 16.0 Å². The van der Waals surface area contributed by atoms with Gasteiger partial charge in [-0.15, -0.1) is 11.3 Å². The Kier molecular flexibility index (Phi) is 3.75. The molecule has 1 fully saturated rings. The van der Waals surface area contributed by atoms with E-state index in [1.165, 1.54) is 4.88 Å². The molecule has 3 nitrogen and oxygen atoms in total. The van der Waals surface area contributed by atoms with Crippen LogP contribution >= 0.6 is 11.3 Å². The second-order valence-electron chi connectivity index (χ2n) is 4.27. The number of rotatable bonds is 3. The van der Waals surface area contributed by atoms with Crippen molar-refractivity contribution in [1.82, 2.24) is 10.2 Å². The molecule has 1 saturated heterocycles. The predicted molar refractivity (Wildman–Crippen MR) is 65.2 cm³/mol. The van der Waals surface area contributed by atoms with E-state index in [2.05, 4.69) is 34.8 Å². The molecule has 0 spiro atoms. The SMILES string of the molecule is CN1CCNC(CC(N)c2cccs2)C1. The van der Waals surface area contributed by atoms with Crippen molar-refractivity contribution in [3.8, 4) is 0 Å². The highest BCUT2D eigenvalue weighted by molar-refractivity contribution is 7.10. The molecular formula is C11H19N3S. The van der Waals surface area contributed by atoms with Gasteiger partial charge in [-0.2, -0.15) is 0 Å². The van der Waals surface area contributed by atoms with Crippen LogP contribution < -0.4 is 11.1 Å². The normalized spacial score (nSPS) is 25.3. The van der Waals surface area contributed by atoms with Gasteiger partial charge >= 0.3 is 0 Å². The minimum Gasteiger partial charge on any atom is -0.323 e. The van der Waals surface area contributed by atoms with Gasteiger partial charge in [0.2, 0.25) is 0 Å². The third-order valence-corrected chi connectivity index (χ3v) is 3.91. The van der Waals surface area contributed by atoms with E-state index in [1.807, 2.05) is 0 Å². The lowest BCUT2D eigenvalue weighted by Crippen LogP contribution is -2.49. The molecule has 1 aliphatic heterocycles. The van der Waals surface area contributed by atoms with Crippen LogP contribution in [0.1, 0.15) is 17.3 Å². The van der Waals surface area contributed by atoms with Gasteiger partial charge in [-0.25, -0.2) is 0 Å². The molecule has 0 radical (unpaired) electrons. The molecule has 2 unspecified atom stereocenters. The third-order valence-electron chi connectivity index (χ3n) is 2.91. The van der Waals surface area contributed by atoms with Crippen molar-refractivity contribution in [1.29, 1.82) is 0 Å². The second-order valence-corrected chi connectivity index (χ2v) is 5.25. The Labute approximate surface area is 95.3 Å². The fraction of sp³-hybridized carbons (Fsp3) is 0.636. The lowest BCUT2D eigenvalue weighted by atomic mass is 10.0. The minimum atomic E-state index is 0.189. The molecule has 1 aliphatic rings. The van der Waals surface area contributed by atoms with E-state index < -0.39 is 0 Å². The van der Waals surface area contributed by atoms with Gasteiger partial charge in [-0.05, 0) is 24.9 Å². The van der Waals surface area contributed by atoms with Crippen molar-refractivity contribution < 1.29 is 0 Å². The highest BCUT2D eigenvalue weighted by atomic mass is 32.1. The molecule has 15 heavy (non-hydrogen) atoms. The Hall–Kier alpha value is -0.420. The van der Waals surface area contributed by atoms with Gasteiger partial charge in [-0.3, -0.25) is 0 Å². The fourth-order valence-electron chi connectivity index (χ4n) is 2.07. The summed E-state index contributed by atoms with van der Waals surface area (Å²) in [5.41, 5.74) is 6.17. The van der Waals surface area contributed by atoms with Crippen LogP contribution in [0.4, 0.5) is 0 Å². The van der Waals surface area contributed by atoms with Crippen LogP contribution in [0.25, 0.3) is 0 Å². The third kappa shape index (κ3) is 3.01. The van der Waals surface area contributed by atoms with Crippen molar-refractivity contribution in [2.24, 2.45) is 5.73 Å². The average Bonchev–Trinajstić information content (AvgIpc) is 2.70. The molecule has 4 heteroatoms. The molecular weight excluding hydrogens is 206 g/mol. The Balaban J connectivity index is 1.86. The van der Waals surface area contributed by atoms with Crippen LogP contribution in [0.2, 0.25) is 0 Å². The molecule has 0 saturated carbocycles. The lowest BCUT2D eigenvalue weighted by molar-refractivity contribution is 0.226. The first-order chi connectivity index (χ1) is 7.25. The van der Waals surface area contributed by atoms with Crippen LogP contribution in [0.3, 0.4) is 0 Å². The lowest BCUT2D eigenvalue weighted by Gasteiger charge is -2.32. The molecule has 0 aliphatic carbocycles. The molecule has 2 heterocycles. The summed E-state index contributed by atoms with van der Waals surface area (Å²) >= 11 is 1.75. The van der Waals surface area contributed by atoms with Crippen molar-refractivity contribution in [3.63, 3.8) is 0 Å². The molecule has 0 aromatic carbocycles. The van der Waals surface area contributed by atoms with Crippen LogP contribution in [-0.2, 0) is 0 Å². The highest BCUT2D eigenvalue weighted by Crippen LogP contribution is 2.21. The summed E-state index contributed by atoms with van der Waals surface area (Å²) in [6, 6.07) is 4.93. The quantitative estimate of drug-likeness (QED) is 0.807. The van der Waals surface area contributed by atoms with Crippen LogP contribution in [0.15, 0.2) is 17.5 Å². The van der Waals surface area contributed by atoms with E-state index in [1.54, 1.807) is 11.3 Å². The monoisotopic (exact) mass is 225 g/mol. The maximum absolute atomic E-state index is 6.17. The number of nitrogens with one attached hydrogen (secondary N) is 1. The van der Waals surface area contributed by atoms with E-state index in [0.717, 1.165) is 26.1 Å². The Morgan fingerprint density at radius 1 is 1.73 bits per heavy atom. The summed E-state index contributed by atoms with van der Waals surface area (Å²) in [5, 5.41) is 5.62. The fourth-order valence-corrected chi connectivity index (χ4v) is 2.82. The zero-order valence-corrected chi connectivity index (χ0v) is 9.96. The summed E-state index contributed by atoms with van der Waals surface area (Å²) in [4.78, 5) is 3.66. The molecule has 84 valence electrons. The van der Waals surface area contributed by atoms with Gasteiger partial charge in [0.1, 0.15) is 0 Å². The molecule has 0 amide bonds. The molecule has 3 N–H and O–H groups in total. The van der Waals surface area contributed by atoms with E-state index in [0.29, 0.717) is 6.04 Å². The maximum atomic E-state index is 6.17. The summed E-state index contributed by atoms with van der Waals surface area (Å²) in [6.45, 7) is 3.34. The number of thiophene rings is 1. The zero-order valence-electron chi connectivity index (χ0n) is 9.15. The molecule has 2 rings (SSSR count). The Morgan fingerprint density at radius 2 is 2.60 bits per heavy atom. The average molecular weight is 225 g/mol. The smallest absolute Gasteiger partial charge is 0.0405 e. The summed E-state index contributed by atoms with van der Waals surface area (Å²) in [6.07, 6.45) is 1.03.